The number of nitrogens with zero attached hydrogens (tertiary/aromatic N) is 1. The molecule has 2 aromatic carbocycles. The summed E-state index contributed by atoms with van der Waals surface area (Å²) in [6, 6.07) is 13.9. The fraction of sp³-hybridized carbons (Fsp3) is 0.318. The Balaban J connectivity index is 1.70. The monoisotopic (exact) mass is 377 g/mol. The van der Waals surface area contributed by atoms with Gasteiger partial charge in [-0.15, -0.1) is 0 Å². The van der Waals surface area contributed by atoms with E-state index >= 15 is 0 Å². The Morgan fingerprint density at radius 3 is 2.50 bits per heavy atom. The van der Waals surface area contributed by atoms with Crippen molar-refractivity contribution in [2.24, 2.45) is 5.73 Å². The Bertz CT molecular complexity index is 954. The number of likely N-dealkylation sites (tertiary alicyclic amines) is 1. The summed E-state index contributed by atoms with van der Waals surface area (Å²) in [7, 11) is 0. The maximum atomic E-state index is 13.3. The summed E-state index contributed by atoms with van der Waals surface area (Å²) < 4.78 is 0. The smallest absolute Gasteiger partial charge is 0.254 e. The van der Waals surface area contributed by atoms with Crippen molar-refractivity contribution >= 4 is 23.4 Å². The standard InChI is InChI=1S/C22H23N3O3/c1-2-5-18-22(16-6-3-4-7-17(16)24-21(22)28)12-13-25(18)20(27)15-10-8-14(9-11-15)19(23)26/h3-4,6-11,18H,2,5,12-13H2,1H3,(H2,23,26)(H,24,28)/t18-,22-/m0/s1. The molecule has 0 unspecified atom stereocenters. The van der Waals surface area contributed by atoms with Crippen LogP contribution in [0, 0.1) is 0 Å². The molecule has 6 heteroatoms. The van der Waals surface area contributed by atoms with Crippen LogP contribution >= 0.6 is 0 Å². The molecule has 2 aromatic rings. The van der Waals surface area contributed by atoms with Crippen molar-refractivity contribution in [1.29, 1.82) is 0 Å². The average Bonchev–Trinajstić information content (AvgIpc) is 3.21. The summed E-state index contributed by atoms with van der Waals surface area (Å²) in [5, 5.41) is 3.01. The third-order valence-electron chi connectivity index (χ3n) is 5.99. The molecule has 144 valence electrons. The lowest BCUT2D eigenvalue weighted by Gasteiger charge is -2.34. The quantitative estimate of drug-likeness (QED) is 0.858. The van der Waals surface area contributed by atoms with Gasteiger partial charge >= 0.3 is 0 Å². The number of carbonyl (C=O) groups is 3. The predicted octanol–water partition coefficient (Wildman–Crippen LogP) is 2.69. The van der Waals surface area contributed by atoms with Gasteiger partial charge in [0.25, 0.3) is 5.91 Å². The summed E-state index contributed by atoms with van der Waals surface area (Å²) >= 11 is 0. The van der Waals surface area contributed by atoms with Gasteiger partial charge in [0, 0.05) is 23.4 Å². The minimum absolute atomic E-state index is 0.0217. The predicted molar refractivity (Wildman–Crippen MR) is 106 cm³/mol. The van der Waals surface area contributed by atoms with Crippen LogP contribution < -0.4 is 11.1 Å². The Morgan fingerprint density at radius 1 is 1.14 bits per heavy atom. The molecule has 0 aromatic heterocycles. The third-order valence-corrected chi connectivity index (χ3v) is 5.99. The first-order chi connectivity index (χ1) is 13.5. The summed E-state index contributed by atoms with van der Waals surface area (Å²) in [4.78, 5) is 39.4. The van der Waals surface area contributed by atoms with Crippen molar-refractivity contribution < 1.29 is 14.4 Å². The van der Waals surface area contributed by atoms with Crippen LogP contribution in [0.15, 0.2) is 48.5 Å². The van der Waals surface area contributed by atoms with E-state index in [9.17, 15) is 14.4 Å². The van der Waals surface area contributed by atoms with Gasteiger partial charge in [0.05, 0.1) is 11.5 Å². The molecule has 3 N–H and O–H groups in total. The minimum atomic E-state index is -0.699. The van der Waals surface area contributed by atoms with E-state index in [0.717, 1.165) is 24.1 Å². The molecule has 3 amide bonds. The largest absolute Gasteiger partial charge is 0.366 e. The van der Waals surface area contributed by atoms with E-state index in [4.69, 9.17) is 5.73 Å². The van der Waals surface area contributed by atoms with Crippen LogP contribution in [0.5, 0.6) is 0 Å². The van der Waals surface area contributed by atoms with Gasteiger partial charge in [0.2, 0.25) is 11.8 Å². The highest BCUT2D eigenvalue weighted by molar-refractivity contribution is 6.08. The van der Waals surface area contributed by atoms with Gasteiger partial charge in [-0.2, -0.15) is 0 Å². The first-order valence-electron chi connectivity index (χ1n) is 9.61. The number of nitrogens with one attached hydrogen (secondary N) is 1. The Kier molecular flexibility index (Phi) is 4.41. The molecule has 6 nitrogen and oxygen atoms in total. The molecule has 1 fully saturated rings. The Hall–Kier alpha value is -3.15. The van der Waals surface area contributed by atoms with E-state index in [-0.39, 0.29) is 17.9 Å². The fourth-order valence-electron chi connectivity index (χ4n) is 4.66. The molecule has 0 bridgehead atoms. The molecule has 4 rings (SSSR count). The molecular weight excluding hydrogens is 354 g/mol. The highest BCUT2D eigenvalue weighted by Crippen LogP contribution is 2.49. The lowest BCUT2D eigenvalue weighted by molar-refractivity contribution is -0.121. The molecule has 2 aliphatic heterocycles. The van der Waals surface area contributed by atoms with Gasteiger partial charge in [-0.05, 0) is 48.7 Å². The number of rotatable bonds is 4. The summed E-state index contributed by atoms with van der Waals surface area (Å²) in [5.41, 5.74) is 7.27. The zero-order valence-electron chi connectivity index (χ0n) is 15.8. The molecule has 0 radical (unpaired) electrons. The van der Waals surface area contributed by atoms with Crippen molar-refractivity contribution in [1.82, 2.24) is 4.90 Å². The Morgan fingerprint density at radius 2 is 1.82 bits per heavy atom. The molecule has 2 atom stereocenters. The topological polar surface area (TPSA) is 92.5 Å². The zero-order valence-corrected chi connectivity index (χ0v) is 15.8. The molecule has 2 heterocycles. The lowest BCUT2D eigenvalue weighted by atomic mass is 9.73. The van der Waals surface area contributed by atoms with Crippen LogP contribution in [0.1, 0.15) is 52.5 Å². The number of para-hydroxylation sites is 1. The van der Waals surface area contributed by atoms with E-state index in [1.54, 1.807) is 24.3 Å². The number of carbonyl (C=O) groups excluding carboxylic acids is 3. The first-order valence-corrected chi connectivity index (χ1v) is 9.61. The summed E-state index contributed by atoms with van der Waals surface area (Å²) in [6.45, 7) is 2.58. The maximum absolute atomic E-state index is 13.3. The Labute approximate surface area is 163 Å². The number of benzene rings is 2. The first kappa shape index (κ1) is 18.2. The van der Waals surface area contributed by atoms with Crippen LogP contribution in [0.2, 0.25) is 0 Å². The van der Waals surface area contributed by atoms with Gasteiger partial charge in [-0.25, -0.2) is 0 Å². The average molecular weight is 377 g/mol. The third kappa shape index (κ3) is 2.59. The van der Waals surface area contributed by atoms with Crippen molar-refractivity contribution in [2.75, 3.05) is 11.9 Å². The van der Waals surface area contributed by atoms with E-state index in [1.165, 1.54) is 0 Å². The summed E-state index contributed by atoms with van der Waals surface area (Å²) in [6.07, 6.45) is 2.21. The van der Waals surface area contributed by atoms with Crippen LogP contribution in [0.4, 0.5) is 5.69 Å². The number of hydrogen-bond acceptors (Lipinski definition) is 3. The van der Waals surface area contributed by atoms with Crippen molar-refractivity contribution in [2.45, 2.75) is 37.6 Å². The van der Waals surface area contributed by atoms with Crippen LogP contribution in [0.3, 0.4) is 0 Å². The maximum Gasteiger partial charge on any atom is 0.254 e. The van der Waals surface area contributed by atoms with Gasteiger partial charge in [0.15, 0.2) is 0 Å². The van der Waals surface area contributed by atoms with Gasteiger partial charge in [0.1, 0.15) is 0 Å². The van der Waals surface area contributed by atoms with Crippen LogP contribution in [-0.4, -0.2) is 35.2 Å². The fourth-order valence-corrected chi connectivity index (χ4v) is 4.66. The number of nitrogens with two attached hydrogens (primary N) is 1. The molecular formula is C22H23N3O3. The SMILES string of the molecule is CCC[C@@H]1N(C(=O)c2ccc(C(N)=O)cc2)CC[C@@]12C(=O)Nc1ccccc12. The lowest BCUT2D eigenvalue weighted by Crippen LogP contribution is -2.48. The minimum Gasteiger partial charge on any atom is -0.366 e. The van der Waals surface area contributed by atoms with E-state index in [0.29, 0.717) is 24.1 Å². The highest BCUT2D eigenvalue weighted by Gasteiger charge is 2.58. The van der Waals surface area contributed by atoms with Crippen LogP contribution in [-0.2, 0) is 10.2 Å². The number of anilines is 1. The van der Waals surface area contributed by atoms with E-state index in [2.05, 4.69) is 12.2 Å². The van der Waals surface area contributed by atoms with Crippen molar-refractivity contribution in [3.8, 4) is 0 Å². The van der Waals surface area contributed by atoms with Crippen molar-refractivity contribution in [3.63, 3.8) is 0 Å². The molecule has 0 saturated carbocycles. The molecule has 1 spiro atoms. The molecule has 28 heavy (non-hydrogen) atoms. The second-order valence-electron chi connectivity index (χ2n) is 7.47. The highest BCUT2D eigenvalue weighted by atomic mass is 16.2. The number of amides is 3. The van der Waals surface area contributed by atoms with Gasteiger partial charge in [-0.3, -0.25) is 14.4 Å². The molecule has 0 aliphatic carbocycles. The van der Waals surface area contributed by atoms with Crippen molar-refractivity contribution in [3.05, 3.63) is 65.2 Å². The normalized spacial score (nSPS) is 23.0. The molecule has 1 saturated heterocycles. The van der Waals surface area contributed by atoms with Gasteiger partial charge < -0.3 is 16.0 Å². The second kappa shape index (κ2) is 6.78. The van der Waals surface area contributed by atoms with E-state index < -0.39 is 11.3 Å². The van der Waals surface area contributed by atoms with Gasteiger partial charge in [-0.1, -0.05) is 31.5 Å². The number of hydrogen-bond donors (Lipinski definition) is 2. The van der Waals surface area contributed by atoms with Crippen LogP contribution in [0.25, 0.3) is 0 Å². The number of fused-ring (bicyclic) bond motifs is 2. The summed E-state index contributed by atoms with van der Waals surface area (Å²) in [5.74, 6) is -0.669. The second-order valence-corrected chi connectivity index (χ2v) is 7.47. The zero-order chi connectivity index (χ0) is 19.9. The van der Waals surface area contributed by atoms with E-state index in [1.807, 2.05) is 29.2 Å². The molecule has 2 aliphatic rings. The number of primary amides is 1.